The third-order valence-corrected chi connectivity index (χ3v) is 2.91. The molecule has 0 spiro atoms. The maximum Gasteiger partial charge on any atom is 0.207 e. The molecule has 2 rings (SSSR count). The monoisotopic (exact) mass is 229 g/mol. The Labute approximate surface area is 101 Å². The smallest absolute Gasteiger partial charge is 0.207 e. The molecule has 0 unspecified atom stereocenters. The minimum absolute atomic E-state index is 0.436. The summed E-state index contributed by atoms with van der Waals surface area (Å²) in [6, 6.07) is 8.15. The zero-order valence-electron chi connectivity index (χ0n) is 10.1. The fraction of sp³-hybridized carbons (Fsp3) is 0.357. The summed E-state index contributed by atoms with van der Waals surface area (Å²) >= 11 is 0. The summed E-state index contributed by atoms with van der Waals surface area (Å²) in [6.45, 7) is 2.74. The second kappa shape index (κ2) is 5.03. The van der Waals surface area contributed by atoms with Gasteiger partial charge in [0.2, 0.25) is 5.76 Å². The molecule has 0 radical (unpaired) electrons. The van der Waals surface area contributed by atoms with Gasteiger partial charge >= 0.3 is 0 Å². The average Bonchev–Trinajstić information content (AvgIpc) is 2.72. The lowest BCUT2D eigenvalue weighted by atomic mass is 10.0. The molecule has 1 heterocycles. The quantitative estimate of drug-likeness (QED) is 0.809. The van der Waals surface area contributed by atoms with Crippen LogP contribution in [0.4, 0.5) is 0 Å². The SMILES string of the molecule is CCc1c(C#N)oc2ccc(CCOC)cc12. The summed E-state index contributed by atoms with van der Waals surface area (Å²) < 4.78 is 10.6. The van der Waals surface area contributed by atoms with Crippen LogP contribution in [0.15, 0.2) is 22.6 Å². The number of ether oxygens (including phenoxy) is 1. The van der Waals surface area contributed by atoms with Gasteiger partial charge in [0.1, 0.15) is 11.7 Å². The second-order valence-corrected chi connectivity index (χ2v) is 3.95. The van der Waals surface area contributed by atoms with Gasteiger partial charge in [0.25, 0.3) is 0 Å². The van der Waals surface area contributed by atoms with E-state index in [1.54, 1.807) is 7.11 Å². The first-order valence-corrected chi connectivity index (χ1v) is 5.73. The molecule has 0 fully saturated rings. The average molecular weight is 229 g/mol. The molecule has 3 nitrogen and oxygen atoms in total. The molecular formula is C14H15NO2. The lowest BCUT2D eigenvalue weighted by molar-refractivity contribution is 0.202. The maximum atomic E-state index is 9.00. The molecule has 0 aliphatic heterocycles. The largest absolute Gasteiger partial charge is 0.445 e. The first-order chi connectivity index (χ1) is 8.30. The molecule has 0 N–H and O–H groups in total. The fourth-order valence-electron chi connectivity index (χ4n) is 2.01. The van der Waals surface area contributed by atoms with Crippen molar-refractivity contribution in [1.29, 1.82) is 5.26 Å². The summed E-state index contributed by atoms with van der Waals surface area (Å²) in [5.74, 6) is 0.436. The van der Waals surface area contributed by atoms with Gasteiger partial charge in [-0.05, 0) is 30.5 Å². The summed E-state index contributed by atoms with van der Waals surface area (Å²) in [5.41, 5.74) is 3.00. The number of nitriles is 1. The Morgan fingerprint density at radius 3 is 2.88 bits per heavy atom. The standard InChI is InChI=1S/C14H15NO2/c1-3-11-12-8-10(6-7-16-2)4-5-13(12)17-14(11)9-15/h4-5,8H,3,6-7H2,1-2H3. The summed E-state index contributed by atoms with van der Waals surface area (Å²) in [7, 11) is 1.70. The van der Waals surface area contributed by atoms with Crippen molar-refractivity contribution in [2.24, 2.45) is 0 Å². The van der Waals surface area contributed by atoms with E-state index in [9.17, 15) is 0 Å². The van der Waals surface area contributed by atoms with Crippen LogP contribution >= 0.6 is 0 Å². The molecule has 0 saturated heterocycles. The van der Waals surface area contributed by atoms with Crippen LogP contribution in [0.25, 0.3) is 11.0 Å². The molecular weight excluding hydrogens is 214 g/mol. The number of benzene rings is 1. The number of fused-ring (bicyclic) bond motifs is 1. The Hall–Kier alpha value is -1.79. The number of nitrogens with zero attached hydrogens (tertiary/aromatic N) is 1. The number of rotatable bonds is 4. The van der Waals surface area contributed by atoms with Crippen molar-refractivity contribution >= 4 is 11.0 Å². The second-order valence-electron chi connectivity index (χ2n) is 3.95. The molecule has 0 aliphatic carbocycles. The van der Waals surface area contributed by atoms with Gasteiger partial charge in [0.05, 0.1) is 6.61 Å². The molecule has 88 valence electrons. The predicted molar refractivity (Wildman–Crippen MR) is 65.9 cm³/mol. The van der Waals surface area contributed by atoms with Crippen LogP contribution in [0, 0.1) is 11.3 Å². The lowest BCUT2D eigenvalue weighted by Gasteiger charge is -2.00. The van der Waals surface area contributed by atoms with E-state index in [1.165, 1.54) is 5.56 Å². The Morgan fingerprint density at radius 1 is 1.41 bits per heavy atom. The zero-order valence-corrected chi connectivity index (χ0v) is 10.1. The van der Waals surface area contributed by atoms with Gasteiger partial charge < -0.3 is 9.15 Å². The summed E-state index contributed by atoms with van der Waals surface area (Å²) in [4.78, 5) is 0. The minimum Gasteiger partial charge on any atom is -0.445 e. The number of hydrogen-bond acceptors (Lipinski definition) is 3. The van der Waals surface area contributed by atoms with E-state index >= 15 is 0 Å². The molecule has 0 atom stereocenters. The first-order valence-electron chi connectivity index (χ1n) is 5.73. The molecule has 1 aromatic heterocycles. The van der Waals surface area contributed by atoms with E-state index in [4.69, 9.17) is 14.4 Å². The minimum atomic E-state index is 0.436. The van der Waals surface area contributed by atoms with Crippen LogP contribution in [0.3, 0.4) is 0 Å². The molecule has 17 heavy (non-hydrogen) atoms. The van der Waals surface area contributed by atoms with E-state index in [-0.39, 0.29) is 0 Å². The van der Waals surface area contributed by atoms with Crippen molar-refractivity contribution in [3.8, 4) is 6.07 Å². The van der Waals surface area contributed by atoms with Gasteiger partial charge in [-0.1, -0.05) is 13.0 Å². The molecule has 2 aromatic rings. The normalized spacial score (nSPS) is 10.6. The number of furan rings is 1. The number of methoxy groups -OCH3 is 1. The van der Waals surface area contributed by atoms with Crippen molar-refractivity contribution in [3.63, 3.8) is 0 Å². The summed E-state index contributed by atoms with van der Waals surface area (Å²) in [5, 5.41) is 10.1. The Kier molecular flexibility index (Phi) is 3.46. The highest BCUT2D eigenvalue weighted by atomic mass is 16.5. The third kappa shape index (κ3) is 2.17. The lowest BCUT2D eigenvalue weighted by Crippen LogP contribution is -1.94. The Bertz CT molecular complexity index is 563. The van der Waals surface area contributed by atoms with Gasteiger partial charge in [0.15, 0.2) is 0 Å². The van der Waals surface area contributed by atoms with E-state index in [0.29, 0.717) is 12.4 Å². The van der Waals surface area contributed by atoms with E-state index < -0.39 is 0 Å². The van der Waals surface area contributed by atoms with Crippen molar-refractivity contribution in [2.45, 2.75) is 19.8 Å². The van der Waals surface area contributed by atoms with Crippen LogP contribution < -0.4 is 0 Å². The van der Waals surface area contributed by atoms with Crippen LogP contribution in [0.5, 0.6) is 0 Å². The van der Waals surface area contributed by atoms with Crippen LogP contribution in [-0.4, -0.2) is 13.7 Å². The molecule has 1 aromatic carbocycles. The van der Waals surface area contributed by atoms with Gasteiger partial charge in [0, 0.05) is 18.1 Å². The first kappa shape index (κ1) is 11.7. The molecule has 0 aliphatic rings. The highest BCUT2D eigenvalue weighted by Crippen LogP contribution is 2.27. The number of hydrogen-bond donors (Lipinski definition) is 0. The fourth-order valence-corrected chi connectivity index (χ4v) is 2.01. The molecule has 3 heteroatoms. The van der Waals surface area contributed by atoms with Crippen LogP contribution in [0.1, 0.15) is 23.8 Å². The van der Waals surface area contributed by atoms with Gasteiger partial charge in [-0.15, -0.1) is 0 Å². The van der Waals surface area contributed by atoms with Crippen LogP contribution in [0.2, 0.25) is 0 Å². The third-order valence-electron chi connectivity index (χ3n) is 2.91. The van der Waals surface area contributed by atoms with Crippen molar-refractivity contribution in [2.75, 3.05) is 13.7 Å². The Balaban J connectivity index is 2.48. The number of aryl methyl sites for hydroxylation is 1. The van der Waals surface area contributed by atoms with Crippen LogP contribution in [-0.2, 0) is 17.6 Å². The van der Waals surface area contributed by atoms with E-state index in [0.717, 1.165) is 29.4 Å². The van der Waals surface area contributed by atoms with Crippen molar-refractivity contribution in [3.05, 3.63) is 35.1 Å². The highest BCUT2D eigenvalue weighted by Gasteiger charge is 2.12. The topological polar surface area (TPSA) is 46.2 Å². The molecule has 0 saturated carbocycles. The van der Waals surface area contributed by atoms with Gasteiger partial charge in [-0.2, -0.15) is 5.26 Å². The van der Waals surface area contributed by atoms with Crippen molar-refractivity contribution < 1.29 is 9.15 Å². The highest BCUT2D eigenvalue weighted by molar-refractivity contribution is 5.84. The predicted octanol–water partition coefficient (Wildman–Crippen LogP) is 3.06. The van der Waals surface area contributed by atoms with Gasteiger partial charge in [-0.3, -0.25) is 0 Å². The van der Waals surface area contributed by atoms with E-state index in [1.807, 2.05) is 19.1 Å². The zero-order chi connectivity index (χ0) is 12.3. The molecule has 0 amide bonds. The Morgan fingerprint density at radius 2 is 2.24 bits per heavy atom. The van der Waals surface area contributed by atoms with Crippen molar-refractivity contribution in [1.82, 2.24) is 0 Å². The van der Waals surface area contributed by atoms with Gasteiger partial charge in [-0.25, -0.2) is 0 Å². The summed E-state index contributed by atoms with van der Waals surface area (Å²) in [6.07, 6.45) is 1.69. The van der Waals surface area contributed by atoms with E-state index in [2.05, 4.69) is 12.1 Å². The maximum absolute atomic E-state index is 9.00. The molecule has 0 bridgehead atoms.